The van der Waals surface area contributed by atoms with E-state index in [0.29, 0.717) is 19.3 Å². The van der Waals surface area contributed by atoms with Gasteiger partial charge < -0.3 is 24.1 Å². The molecule has 192 valence electrons. The summed E-state index contributed by atoms with van der Waals surface area (Å²) in [6.45, 7) is 17.7. The van der Waals surface area contributed by atoms with E-state index in [-0.39, 0.29) is 5.41 Å². The van der Waals surface area contributed by atoms with E-state index in [1.807, 2.05) is 13.8 Å². The average Bonchev–Trinajstić information content (AvgIpc) is 2.65. The Balaban J connectivity index is 2.32. The molecule has 0 aromatic rings. The Morgan fingerprint density at radius 2 is 1.50 bits per heavy atom. The molecule has 0 bridgehead atoms. The summed E-state index contributed by atoms with van der Waals surface area (Å²) in [7, 11) is 0. The van der Waals surface area contributed by atoms with Crippen molar-refractivity contribution < 1.29 is 38.4 Å². The monoisotopic (exact) mass is 480 g/mol. The minimum absolute atomic E-state index is 0.328. The molecule has 1 heterocycles. The minimum atomic E-state index is -1.26. The lowest BCUT2D eigenvalue weighted by atomic mass is 9.41. The fraction of sp³-hybridized carbons (Fsp3) is 0.808. The molecule has 34 heavy (non-hydrogen) atoms. The fourth-order valence-corrected chi connectivity index (χ4v) is 7.70. The van der Waals surface area contributed by atoms with Gasteiger partial charge in [-0.15, -0.1) is 6.58 Å². The molecule has 0 amide bonds. The molecular formula is C26H40O8. The average molecular weight is 481 g/mol. The number of esters is 3. The van der Waals surface area contributed by atoms with Crippen molar-refractivity contribution in [1.82, 2.24) is 0 Å². The van der Waals surface area contributed by atoms with Gasteiger partial charge in [-0.25, -0.2) is 0 Å². The Kier molecular flexibility index (Phi) is 6.77. The molecule has 3 fully saturated rings. The van der Waals surface area contributed by atoms with Crippen molar-refractivity contribution >= 4 is 17.9 Å². The summed E-state index contributed by atoms with van der Waals surface area (Å²) >= 11 is 0. The molecule has 8 heteroatoms. The highest BCUT2D eigenvalue weighted by Crippen LogP contribution is 2.67. The predicted octanol–water partition coefficient (Wildman–Crippen LogP) is 3.34. The molecule has 0 spiro atoms. The third kappa shape index (κ3) is 4.17. The van der Waals surface area contributed by atoms with E-state index in [1.165, 1.54) is 20.8 Å². The largest absolute Gasteiger partial charge is 0.462 e. The van der Waals surface area contributed by atoms with Crippen LogP contribution in [0.15, 0.2) is 12.7 Å². The van der Waals surface area contributed by atoms with Crippen molar-refractivity contribution in [1.29, 1.82) is 0 Å². The quantitative estimate of drug-likeness (QED) is 0.371. The van der Waals surface area contributed by atoms with Crippen LogP contribution in [-0.4, -0.2) is 58.6 Å². The van der Waals surface area contributed by atoms with Crippen molar-refractivity contribution in [2.75, 3.05) is 0 Å². The van der Waals surface area contributed by atoms with Gasteiger partial charge in [0.05, 0.1) is 11.7 Å². The molecule has 3 rings (SSSR count). The Hall–Kier alpha value is -1.93. The first kappa shape index (κ1) is 26.7. The molecule has 0 aromatic carbocycles. The summed E-state index contributed by atoms with van der Waals surface area (Å²) in [5.74, 6) is -2.39. The molecule has 1 N–H and O–H groups in total. The molecule has 1 saturated heterocycles. The second-order valence-corrected chi connectivity index (χ2v) is 11.6. The van der Waals surface area contributed by atoms with Gasteiger partial charge in [0, 0.05) is 44.4 Å². The van der Waals surface area contributed by atoms with E-state index in [4.69, 9.17) is 18.9 Å². The Bertz CT molecular complexity index is 867. The number of carbonyl (C=O) groups excluding carboxylic acids is 3. The molecule has 0 aromatic heterocycles. The fourth-order valence-electron chi connectivity index (χ4n) is 7.70. The number of hydrogen-bond acceptors (Lipinski definition) is 8. The first-order valence-electron chi connectivity index (χ1n) is 12.1. The van der Waals surface area contributed by atoms with Crippen molar-refractivity contribution in [3.05, 3.63) is 12.7 Å². The van der Waals surface area contributed by atoms with E-state index in [2.05, 4.69) is 20.4 Å². The van der Waals surface area contributed by atoms with Gasteiger partial charge in [0.15, 0.2) is 6.10 Å². The molecule has 2 aliphatic carbocycles. The molecule has 2 saturated carbocycles. The lowest BCUT2D eigenvalue weighted by Gasteiger charge is -2.70. The van der Waals surface area contributed by atoms with Crippen LogP contribution >= 0.6 is 0 Å². The van der Waals surface area contributed by atoms with Crippen LogP contribution < -0.4 is 0 Å². The van der Waals surface area contributed by atoms with Crippen LogP contribution in [0.4, 0.5) is 0 Å². The summed E-state index contributed by atoms with van der Waals surface area (Å²) in [4.78, 5) is 36.6. The summed E-state index contributed by atoms with van der Waals surface area (Å²) in [6.07, 6.45) is -0.0707. The van der Waals surface area contributed by atoms with Crippen LogP contribution in [0.5, 0.6) is 0 Å². The van der Waals surface area contributed by atoms with Crippen LogP contribution in [0.3, 0.4) is 0 Å². The highest BCUT2D eigenvalue weighted by atomic mass is 16.6. The normalized spacial score (nSPS) is 45.2. The van der Waals surface area contributed by atoms with Gasteiger partial charge in [-0.3, -0.25) is 14.4 Å². The third-order valence-corrected chi connectivity index (χ3v) is 8.54. The second kappa shape index (κ2) is 8.63. The Morgan fingerprint density at radius 1 is 0.941 bits per heavy atom. The van der Waals surface area contributed by atoms with Crippen LogP contribution in [-0.2, 0) is 33.3 Å². The molecule has 8 nitrogen and oxygen atoms in total. The van der Waals surface area contributed by atoms with E-state index in [0.717, 1.165) is 0 Å². The smallest absolute Gasteiger partial charge is 0.303 e. The molecular weight excluding hydrogens is 440 g/mol. The topological polar surface area (TPSA) is 108 Å². The van der Waals surface area contributed by atoms with E-state index < -0.39 is 70.8 Å². The molecule has 0 unspecified atom stereocenters. The van der Waals surface area contributed by atoms with Gasteiger partial charge in [0.2, 0.25) is 0 Å². The number of rotatable bonds is 4. The number of aliphatic hydroxyl groups excluding tert-OH is 1. The van der Waals surface area contributed by atoms with Crippen LogP contribution in [0, 0.1) is 22.7 Å². The van der Waals surface area contributed by atoms with Crippen molar-refractivity contribution in [3.8, 4) is 0 Å². The third-order valence-electron chi connectivity index (χ3n) is 8.54. The zero-order valence-corrected chi connectivity index (χ0v) is 21.7. The molecule has 0 radical (unpaired) electrons. The molecule has 9 atom stereocenters. The van der Waals surface area contributed by atoms with Gasteiger partial charge >= 0.3 is 17.9 Å². The minimum Gasteiger partial charge on any atom is -0.462 e. The van der Waals surface area contributed by atoms with E-state index in [1.54, 1.807) is 13.0 Å². The predicted molar refractivity (Wildman–Crippen MR) is 123 cm³/mol. The highest BCUT2D eigenvalue weighted by Gasteiger charge is 2.75. The Labute approximate surface area is 202 Å². The highest BCUT2D eigenvalue weighted by molar-refractivity contribution is 5.67. The Morgan fingerprint density at radius 3 is 2.00 bits per heavy atom. The van der Waals surface area contributed by atoms with Gasteiger partial charge in [0.1, 0.15) is 17.8 Å². The number of fused-ring (bicyclic) bond motifs is 3. The molecule has 3 aliphatic rings. The molecule has 1 aliphatic heterocycles. The summed E-state index contributed by atoms with van der Waals surface area (Å²) in [5.41, 5.74) is -3.40. The number of carbonyl (C=O) groups is 3. The lowest BCUT2D eigenvalue weighted by molar-refractivity contribution is -0.354. The zero-order valence-electron chi connectivity index (χ0n) is 21.7. The van der Waals surface area contributed by atoms with E-state index >= 15 is 0 Å². The maximum Gasteiger partial charge on any atom is 0.303 e. The standard InChI is InChI=1S/C26H40O8/c1-10-24(7)13-17(31-14(2)27)20-25(8)18(32-15(3)28)11-12-23(5,6)21(25)19(30)22(33-16(4)29)26(20,9)34-24/h10,17-22,30H,1,11-13H2,2-9H3/t17-,18-,19+,20-,21+,22+,24+,25-,26+/m1/s1. The summed E-state index contributed by atoms with van der Waals surface area (Å²) < 4.78 is 24.2. The van der Waals surface area contributed by atoms with Crippen LogP contribution in [0.25, 0.3) is 0 Å². The second-order valence-electron chi connectivity index (χ2n) is 11.6. The van der Waals surface area contributed by atoms with Gasteiger partial charge in [-0.2, -0.15) is 0 Å². The first-order chi connectivity index (χ1) is 15.5. The van der Waals surface area contributed by atoms with E-state index in [9.17, 15) is 19.5 Å². The lowest BCUT2D eigenvalue weighted by Crippen LogP contribution is -2.79. The van der Waals surface area contributed by atoms with Crippen molar-refractivity contribution in [3.63, 3.8) is 0 Å². The first-order valence-corrected chi connectivity index (χ1v) is 12.1. The van der Waals surface area contributed by atoms with Crippen molar-refractivity contribution in [2.45, 2.75) is 110 Å². The number of aliphatic hydroxyl groups is 1. The maximum atomic E-state index is 12.3. The SMILES string of the molecule is C=C[C@@]1(C)C[C@@H](OC(C)=O)[C@H]2[C@](C)(O1)[C@@H](OC(C)=O)[C@@H](O)[C@H]1C(C)(C)CC[C@@H](OC(C)=O)[C@@]12C. The van der Waals surface area contributed by atoms with Gasteiger partial charge in [-0.05, 0) is 32.1 Å². The number of hydrogen-bond donors (Lipinski definition) is 1. The maximum absolute atomic E-state index is 12.3. The van der Waals surface area contributed by atoms with Crippen LogP contribution in [0.1, 0.15) is 74.7 Å². The zero-order chi connectivity index (χ0) is 25.9. The summed E-state index contributed by atoms with van der Waals surface area (Å²) in [5, 5.41) is 11.8. The summed E-state index contributed by atoms with van der Waals surface area (Å²) in [6, 6.07) is 0. The van der Waals surface area contributed by atoms with Crippen molar-refractivity contribution in [2.24, 2.45) is 22.7 Å². The number of ether oxygens (including phenoxy) is 4. The van der Waals surface area contributed by atoms with Gasteiger partial charge in [-0.1, -0.05) is 26.8 Å². The van der Waals surface area contributed by atoms with Crippen LogP contribution in [0.2, 0.25) is 0 Å². The van der Waals surface area contributed by atoms with Gasteiger partial charge in [0.25, 0.3) is 0 Å².